The maximum absolute atomic E-state index is 12.3. The predicted octanol–water partition coefficient (Wildman–Crippen LogP) is 3.81. The Balaban J connectivity index is 1.55. The van der Waals surface area contributed by atoms with Gasteiger partial charge in [-0.2, -0.15) is 5.10 Å². The third kappa shape index (κ3) is 5.48. The molecule has 30 heavy (non-hydrogen) atoms. The molecule has 8 heteroatoms. The highest BCUT2D eigenvalue weighted by Crippen LogP contribution is 2.19. The Hall–Kier alpha value is -4.07. The number of hydrogen-bond acceptors (Lipinski definition) is 5. The van der Waals surface area contributed by atoms with Gasteiger partial charge in [-0.1, -0.05) is 48.5 Å². The minimum atomic E-state index is -0.534. The van der Waals surface area contributed by atoms with Crippen molar-refractivity contribution in [3.05, 3.63) is 82.4 Å². The number of carbonyl (C=O) groups is 2. The number of carbonyl (C=O) groups excluding carboxylic acids is 2. The lowest BCUT2D eigenvalue weighted by Crippen LogP contribution is -2.23. The van der Waals surface area contributed by atoms with E-state index in [-0.39, 0.29) is 30.3 Å². The summed E-state index contributed by atoms with van der Waals surface area (Å²) in [7, 11) is 0. The summed E-state index contributed by atoms with van der Waals surface area (Å²) >= 11 is 0. The third-order valence-corrected chi connectivity index (χ3v) is 4.36. The quantitative estimate of drug-likeness (QED) is 0.354. The van der Waals surface area contributed by atoms with Crippen LogP contribution in [-0.4, -0.2) is 22.4 Å². The van der Waals surface area contributed by atoms with Crippen molar-refractivity contribution in [1.29, 1.82) is 0 Å². The topological polar surface area (TPSA) is 114 Å². The smallest absolute Gasteiger partial charge is 0.271 e. The van der Waals surface area contributed by atoms with Crippen molar-refractivity contribution in [3.8, 4) is 0 Å². The van der Waals surface area contributed by atoms with Crippen molar-refractivity contribution < 1.29 is 14.5 Å². The molecular weight excluding hydrogens is 384 g/mol. The van der Waals surface area contributed by atoms with Crippen LogP contribution in [-0.2, 0) is 16.0 Å². The Morgan fingerprint density at radius 3 is 2.53 bits per heavy atom. The molecule has 0 saturated carbocycles. The van der Waals surface area contributed by atoms with E-state index in [4.69, 9.17) is 0 Å². The van der Waals surface area contributed by atoms with Gasteiger partial charge in [0.25, 0.3) is 5.69 Å². The molecule has 0 saturated heterocycles. The van der Waals surface area contributed by atoms with E-state index in [1.807, 2.05) is 42.5 Å². The second kappa shape index (κ2) is 9.42. The number of amides is 2. The van der Waals surface area contributed by atoms with Gasteiger partial charge in [-0.15, -0.1) is 0 Å². The molecule has 0 aliphatic rings. The predicted molar refractivity (Wildman–Crippen MR) is 115 cm³/mol. The van der Waals surface area contributed by atoms with Crippen LogP contribution in [0.25, 0.3) is 10.8 Å². The Labute approximate surface area is 172 Å². The molecule has 0 aromatic heterocycles. The Kier molecular flexibility index (Phi) is 6.49. The molecule has 0 aliphatic carbocycles. The Morgan fingerprint density at radius 2 is 1.73 bits per heavy atom. The molecular formula is C22H20N4O4. The van der Waals surface area contributed by atoms with Crippen LogP contribution >= 0.6 is 0 Å². The lowest BCUT2D eigenvalue weighted by Gasteiger charge is -2.07. The number of hydrogen-bond donors (Lipinski definition) is 2. The molecule has 0 atom stereocenters. The number of non-ortho nitro benzene ring substituents is 1. The van der Waals surface area contributed by atoms with Gasteiger partial charge in [0, 0.05) is 23.5 Å². The normalized spacial score (nSPS) is 11.2. The SMILES string of the molecule is CC(CC(=O)Nc1cccc([N+](=O)[O-])c1)=NNC(=O)Cc1cccc2ccccc12. The van der Waals surface area contributed by atoms with Crippen LogP contribution in [0.5, 0.6) is 0 Å². The molecule has 3 aromatic carbocycles. The fourth-order valence-corrected chi connectivity index (χ4v) is 2.99. The van der Waals surface area contributed by atoms with E-state index in [0.29, 0.717) is 11.4 Å². The summed E-state index contributed by atoms with van der Waals surface area (Å²) in [6.07, 6.45) is 0.106. The number of anilines is 1. The van der Waals surface area contributed by atoms with Crippen LogP contribution in [0, 0.1) is 10.1 Å². The number of nitrogens with one attached hydrogen (secondary N) is 2. The third-order valence-electron chi connectivity index (χ3n) is 4.36. The highest BCUT2D eigenvalue weighted by Gasteiger charge is 2.10. The molecule has 2 N–H and O–H groups in total. The number of rotatable bonds is 7. The van der Waals surface area contributed by atoms with Gasteiger partial charge in [0.05, 0.1) is 17.8 Å². The molecule has 3 rings (SSSR count). The van der Waals surface area contributed by atoms with Gasteiger partial charge in [-0.3, -0.25) is 19.7 Å². The fourth-order valence-electron chi connectivity index (χ4n) is 2.99. The van der Waals surface area contributed by atoms with E-state index in [2.05, 4.69) is 15.8 Å². The number of nitro groups is 1. The molecule has 0 bridgehead atoms. The summed E-state index contributed by atoms with van der Waals surface area (Å²) in [4.78, 5) is 34.6. The van der Waals surface area contributed by atoms with Gasteiger partial charge in [0.1, 0.15) is 0 Å². The number of fused-ring (bicyclic) bond motifs is 1. The zero-order valence-corrected chi connectivity index (χ0v) is 16.3. The standard InChI is InChI=1S/C22H20N4O4/c1-15(12-21(27)23-18-9-5-10-19(14-18)26(29)30)24-25-22(28)13-17-8-4-7-16-6-2-3-11-20(16)17/h2-11,14H,12-13H2,1H3,(H,23,27)(H,25,28). The maximum Gasteiger partial charge on any atom is 0.271 e. The summed E-state index contributed by atoms with van der Waals surface area (Å²) in [6.45, 7) is 1.62. The Bertz CT molecular complexity index is 1140. The fraction of sp³-hybridized carbons (Fsp3) is 0.136. The van der Waals surface area contributed by atoms with Crippen molar-refractivity contribution in [2.24, 2.45) is 5.10 Å². The molecule has 0 heterocycles. The molecule has 152 valence electrons. The van der Waals surface area contributed by atoms with Crippen molar-refractivity contribution in [2.75, 3.05) is 5.32 Å². The Morgan fingerprint density at radius 1 is 1.00 bits per heavy atom. The van der Waals surface area contributed by atoms with E-state index in [0.717, 1.165) is 16.3 Å². The first kappa shape index (κ1) is 20.7. The van der Waals surface area contributed by atoms with Crippen LogP contribution in [0.15, 0.2) is 71.8 Å². The van der Waals surface area contributed by atoms with Crippen molar-refractivity contribution >= 4 is 39.7 Å². The molecule has 0 fully saturated rings. The summed E-state index contributed by atoms with van der Waals surface area (Å²) in [5.74, 6) is -0.676. The molecule has 0 aliphatic heterocycles. The molecule has 0 spiro atoms. The first-order valence-corrected chi connectivity index (χ1v) is 9.25. The number of hydrazone groups is 1. The van der Waals surface area contributed by atoms with Gasteiger partial charge in [-0.25, -0.2) is 5.43 Å². The van der Waals surface area contributed by atoms with E-state index in [1.165, 1.54) is 18.2 Å². The van der Waals surface area contributed by atoms with Crippen LogP contribution < -0.4 is 10.7 Å². The minimum Gasteiger partial charge on any atom is -0.326 e. The van der Waals surface area contributed by atoms with E-state index in [1.54, 1.807) is 13.0 Å². The van der Waals surface area contributed by atoms with Crippen molar-refractivity contribution in [1.82, 2.24) is 5.43 Å². The van der Waals surface area contributed by atoms with Crippen LogP contribution in [0.3, 0.4) is 0 Å². The molecule has 0 unspecified atom stereocenters. The van der Waals surface area contributed by atoms with E-state index in [9.17, 15) is 19.7 Å². The van der Waals surface area contributed by atoms with Gasteiger partial charge in [0.2, 0.25) is 11.8 Å². The zero-order valence-electron chi connectivity index (χ0n) is 16.3. The minimum absolute atomic E-state index is 0.0583. The second-order valence-corrected chi connectivity index (χ2v) is 6.73. The van der Waals surface area contributed by atoms with E-state index < -0.39 is 4.92 Å². The van der Waals surface area contributed by atoms with Gasteiger partial charge in [-0.05, 0) is 29.3 Å². The number of nitro benzene ring substituents is 1. The van der Waals surface area contributed by atoms with Crippen molar-refractivity contribution in [2.45, 2.75) is 19.8 Å². The lowest BCUT2D eigenvalue weighted by molar-refractivity contribution is -0.384. The van der Waals surface area contributed by atoms with Crippen LogP contribution in [0.1, 0.15) is 18.9 Å². The first-order chi connectivity index (χ1) is 14.4. The van der Waals surface area contributed by atoms with Gasteiger partial charge >= 0.3 is 0 Å². The average Bonchev–Trinajstić information content (AvgIpc) is 2.72. The summed E-state index contributed by atoms with van der Waals surface area (Å²) < 4.78 is 0. The largest absolute Gasteiger partial charge is 0.326 e. The summed E-state index contributed by atoms with van der Waals surface area (Å²) in [5, 5.41) is 19.4. The monoisotopic (exact) mass is 404 g/mol. The van der Waals surface area contributed by atoms with E-state index >= 15 is 0 Å². The zero-order chi connectivity index (χ0) is 21.5. The van der Waals surface area contributed by atoms with Gasteiger partial charge in [0.15, 0.2) is 0 Å². The summed E-state index contributed by atoms with van der Waals surface area (Å²) in [5.41, 5.74) is 3.98. The van der Waals surface area contributed by atoms with Crippen LogP contribution in [0.2, 0.25) is 0 Å². The lowest BCUT2D eigenvalue weighted by atomic mass is 10.0. The maximum atomic E-state index is 12.3. The molecule has 8 nitrogen and oxygen atoms in total. The molecule has 3 aromatic rings. The second-order valence-electron chi connectivity index (χ2n) is 6.73. The first-order valence-electron chi connectivity index (χ1n) is 9.25. The number of nitrogens with zero attached hydrogens (tertiary/aromatic N) is 2. The summed E-state index contributed by atoms with van der Waals surface area (Å²) in [6, 6.07) is 19.3. The molecule has 0 radical (unpaired) electrons. The van der Waals surface area contributed by atoms with Gasteiger partial charge < -0.3 is 5.32 Å². The van der Waals surface area contributed by atoms with Crippen LogP contribution in [0.4, 0.5) is 11.4 Å². The number of benzene rings is 3. The highest BCUT2D eigenvalue weighted by molar-refractivity contribution is 6.05. The average molecular weight is 404 g/mol. The van der Waals surface area contributed by atoms with Crippen molar-refractivity contribution in [3.63, 3.8) is 0 Å². The molecule has 2 amide bonds. The highest BCUT2D eigenvalue weighted by atomic mass is 16.6.